The molecular weight excluding hydrogens is 444 g/mol. The fourth-order valence-corrected chi connectivity index (χ4v) is 5.56. The number of aromatic nitrogens is 2. The number of nitrogens with zero attached hydrogens (tertiary/aromatic N) is 5. The van der Waals surface area contributed by atoms with Crippen LogP contribution in [0.1, 0.15) is 54.1 Å². The average molecular weight is 479 g/mol. The SMILES string of the molecule is CN=CC(=CN)c1ccc2c(c1)[C@@H](CO)CCN2c1nn([C@H]2CCOC2)c2c1CN(C(C)=O)CC2. The molecule has 1 fully saturated rings. The minimum absolute atomic E-state index is 0.0358. The van der Waals surface area contributed by atoms with Gasteiger partial charge < -0.3 is 25.4 Å². The molecule has 9 nitrogen and oxygen atoms in total. The number of nitrogens with two attached hydrogens (primary N) is 1. The molecule has 5 rings (SSSR count). The predicted molar refractivity (Wildman–Crippen MR) is 136 cm³/mol. The molecule has 2 atom stereocenters. The summed E-state index contributed by atoms with van der Waals surface area (Å²) < 4.78 is 7.84. The second-order valence-electron chi connectivity index (χ2n) is 9.50. The molecule has 186 valence electrons. The summed E-state index contributed by atoms with van der Waals surface area (Å²) >= 11 is 0. The van der Waals surface area contributed by atoms with Gasteiger partial charge in [0.2, 0.25) is 5.91 Å². The summed E-state index contributed by atoms with van der Waals surface area (Å²) in [5.41, 5.74) is 12.1. The molecule has 0 aliphatic carbocycles. The van der Waals surface area contributed by atoms with Crippen LogP contribution in [-0.2, 0) is 22.5 Å². The van der Waals surface area contributed by atoms with Gasteiger partial charge in [-0.1, -0.05) is 6.07 Å². The van der Waals surface area contributed by atoms with Crippen molar-refractivity contribution in [1.82, 2.24) is 14.7 Å². The number of hydrogen-bond donors (Lipinski definition) is 2. The molecule has 35 heavy (non-hydrogen) atoms. The molecule has 0 unspecified atom stereocenters. The molecule has 0 radical (unpaired) electrons. The molecule has 0 spiro atoms. The van der Waals surface area contributed by atoms with Crippen LogP contribution in [0, 0.1) is 0 Å². The number of allylic oxidation sites excluding steroid dienone is 1. The van der Waals surface area contributed by atoms with Crippen molar-refractivity contribution in [3.05, 3.63) is 46.8 Å². The van der Waals surface area contributed by atoms with Crippen LogP contribution < -0.4 is 10.6 Å². The summed E-state index contributed by atoms with van der Waals surface area (Å²) in [7, 11) is 1.72. The first-order chi connectivity index (χ1) is 17.0. The van der Waals surface area contributed by atoms with Crippen LogP contribution in [0.3, 0.4) is 0 Å². The zero-order valence-electron chi connectivity index (χ0n) is 20.5. The van der Waals surface area contributed by atoms with Crippen molar-refractivity contribution in [2.75, 3.05) is 44.9 Å². The molecule has 0 bridgehead atoms. The number of benzene rings is 1. The smallest absolute Gasteiger partial charge is 0.219 e. The highest BCUT2D eigenvalue weighted by Gasteiger charge is 2.35. The van der Waals surface area contributed by atoms with Crippen molar-refractivity contribution in [1.29, 1.82) is 0 Å². The first kappa shape index (κ1) is 23.6. The minimum Gasteiger partial charge on any atom is -0.404 e. The highest BCUT2D eigenvalue weighted by Crippen LogP contribution is 2.43. The van der Waals surface area contributed by atoms with E-state index in [0.717, 1.165) is 66.2 Å². The maximum absolute atomic E-state index is 12.2. The van der Waals surface area contributed by atoms with Gasteiger partial charge in [0.15, 0.2) is 5.82 Å². The Kier molecular flexibility index (Phi) is 6.62. The van der Waals surface area contributed by atoms with Gasteiger partial charge in [-0.05, 0) is 36.1 Å². The second-order valence-corrected chi connectivity index (χ2v) is 9.50. The van der Waals surface area contributed by atoms with Gasteiger partial charge in [0.05, 0.1) is 25.8 Å². The van der Waals surface area contributed by atoms with Gasteiger partial charge in [0, 0.05) is 80.9 Å². The lowest BCUT2D eigenvalue weighted by molar-refractivity contribution is -0.129. The van der Waals surface area contributed by atoms with E-state index in [-0.39, 0.29) is 24.5 Å². The fraction of sp³-hybridized carbons (Fsp3) is 0.500. The molecule has 2 aromatic rings. The van der Waals surface area contributed by atoms with Gasteiger partial charge in [0.25, 0.3) is 0 Å². The van der Waals surface area contributed by atoms with E-state index in [0.29, 0.717) is 19.7 Å². The van der Waals surface area contributed by atoms with Gasteiger partial charge in [-0.25, -0.2) is 0 Å². The van der Waals surface area contributed by atoms with Gasteiger partial charge in [-0.15, -0.1) is 0 Å². The molecule has 0 saturated carbocycles. The summed E-state index contributed by atoms with van der Waals surface area (Å²) in [6.07, 6.45) is 5.85. The van der Waals surface area contributed by atoms with Crippen molar-refractivity contribution >= 4 is 29.2 Å². The third-order valence-corrected chi connectivity index (χ3v) is 7.48. The number of anilines is 2. The number of ether oxygens (including phenoxy) is 1. The molecule has 3 aliphatic rings. The zero-order chi connectivity index (χ0) is 24.5. The number of aliphatic imine (C=N–C) groups is 1. The maximum atomic E-state index is 12.2. The number of aliphatic hydroxyl groups is 1. The Labute approximate surface area is 205 Å². The quantitative estimate of drug-likeness (QED) is 0.639. The third-order valence-electron chi connectivity index (χ3n) is 7.48. The van der Waals surface area contributed by atoms with E-state index in [4.69, 9.17) is 15.6 Å². The summed E-state index contributed by atoms with van der Waals surface area (Å²) in [5.74, 6) is 1.03. The van der Waals surface area contributed by atoms with E-state index < -0.39 is 0 Å². The van der Waals surface area contributed by atoms with Crippen molar-refractivity contribution in [2.45, 2.75) is 44.7 Å². The number of rotatable bonds is 5. The highest BCUT2D eigenvalue weighted by atomic mass is 16.5. The first-order valence-electron chi connectivity index (χ1n) is 12.4. The van der Waals surface area contributed by atoms with E-state index in [1.54, 1.807) is 26.4 Å². The summed E-state index contributed by atoms with van der Waals surface area (Å²) in [6.45, 7) is 5.15. The Morgan fingerprint density at radius 1 is 1.34 bits per heavy atom. The van der Waals surface area contributed by atoms with Crippen LogP contribution in [0.5, 0.6) is 0 Å². The van der Waals surface area contributed by atoms with Crippen LogP contribution >= 0.6 is 0 Å². The number of aliphatic hydroxyl groups excluding tert-OH is 1. The highest BCUT2D eigenvalue weighted by molar-refractivity contribution is 6.09. The van der Waals surface area contributed by atoms with E-state index >= 15 is 0 Å². The maximum Gasteiger partial charge on any atom is 0.219 e. The second kappa shape index (κ2) is 9.83. The Morgan fingerprint density at radius 2 is 2.20 bits per heavy atom. The number of fused-ring (bicyclic) bond motifs is 2. The van der Waals surface area contributed by atoms with E-state index in [9.17, 15) is 9.90 Å². The molecular formula is C26H34N6O3. The zero-order valence-corrected chi connectivity index (χ0v) is 20.5. The number of carbonyl (C=O) groups is 1. The summed E-state index contributed by atoms with van der Waals surface area (Å²) in [6, 6.07) is 6.47. The van der Waals surface area contributed by atoms with Crippen molar-refractivity contribution in [3.63, 3.8) is 0 Å². The van der Waals surface area contributed by atoms with Gasteiger partial charge in [-0.3, -0.25) is 14.5 Å². The number of carbonyl (C=O) groups excluding carboxylic acids is 1. The standard InChI is InChI=1S/C26H34N6O3/c1-17(34)30-8-6-25-23(14-30)26(29-32(25)21-7-10-35-16-21)31-9-5-19(15-33)22-11-18(3-4-24(22)31)20(12-27)13-28-2/h3-4,11-13,19,21,33H,5-10,14-16,27H2,1-2H3/t19-,21+/m1/s1. The third kappa shape index (κ3) is 4.23. The van der Waals surface area contributed by atoms with Crippen LogP contribution in [0.25, 0.3) is 5.57 Å². The molecule has 3 N–H and O–H groups in total. The fourth-order valence-electron chi connectivity index (χ4n) is 5.56. The van der Waals surface area contributed by atoms with Gasteiger partial charge in [-0.2, -0.15) is 5.10 Å². The first-order valence-corrected chi connectivity index (χ1v) is 12.4. The molecule has 4 heterocycles. The molecule has 1 aromatic carbocycles. The predicted octanol–water partition coefficient (Wildman–Crippen LogP) is 2.37. The normalized spacial score (nSPS) is 22.5. The Morgan fingerprint density at radius 3 is 2.89 bits per heavy atom. The van der Waals surface area contributed by atoms with Crippen molar-refractivity contribution < 1.29 is 14.6 Å². The lowest BCUT2D eigenvalue weighted by Crippen LogP contribution is -2.36. The summed E-state index contributed by atoms with van der Waals surface area (Å²) in [5, 5.41) is 15.3. The van der Waals surface area contributed by atoms with Crippen LogP contribution in [0.2, 0.25) is 0 Å². The van der Waals surface area contributed by atoms with Gasteiger partial charge >= 0.3 is 0 Å². The molecule has 1 aromatic heterocycles. The Balaban J connectivity index is 1.60. The van der Waals surface area contributed by atoms with Crippen LogP contribution in [0.15, 0.2) is 29.4 Å². The summed E-state index contributed by atoms with van der Waals surface area (Å²) in [4.78, 5) is 20.5. The molecule has 1 saturated heterocycles. The van der Waals surface area contributed by atoms with E-state index in [1.165, 1.54) is 5.69 Å². The van der Waals surface area contributed by atoms with Crippen molar-refractivity contribution in [2.24, 2.45) is 10.7 Å². The molecule has 3 aliphatic heterocycles. The van der Waals surface area contributed by atoms with Crippen LogP contribution in [-0.4, -0.2) is 71.9 Å². The lowest BCUT2D eigenvalue weighted by Gasteiger charge is -2.35. The minimum atomic E-state index is 0.0358. The Hall–Kier alpha value is -3.17. The monoisotopic (exact) mass is 478 g/mol. The number of hydrogen-bond acceptors (Lipinski definition) is 7. The molecule has 1 amide bonds. The van der Waals surface area contributed by atoms with Gasteiger partial charge in [0.1, 0.15) is 0 Å². The number of amides is 1. The molecule has 9 heteroatoms. The largest absolute Gasteiger partial charge is 0.404 e. The average Bonchev–Trinajstić information content (AvgIpc) is 3.54. The lowest BCUT2D eigenvalue weighted by atomic mass is 9.88. The van der Waals surface area contributed by atoms with Crippen molar-refractivity contribution in [3.8, 4) is 0 Å². The van der Waals surface area contributed by atoms with E-state index in [2.05, 4.69) is 26.7 Å². The Bertz CT molecular complexity index is 1160. The topological polar surface area (TPSA) is 109 Å². The van der Waals surface area contributed by atoms with Crippen LogP contribution in [0.4, 0.5) is 11.5 Å². The van der Waals surface area contributed by atoms with E-state index in [1.807, 2.05) is 11.0 Å².